The number of rotatable bonds is 1. The van der Waals surface area contributed by atoms with Gasteiger partial charge in [0.05, 0.1) is 11.7 Å². The van der Waals surface area contributed by atoms with Gasteiger partial charge in [0.2, 0.25) is 0 Å². The molecule has 1 unspecified atom stereocenters. The molecule has 1 aromatic rings. The van der Waals surface area contributed by atoms with Crippen molar-refractivity contribution in [3.05, 3.63) is 23.8 Å². The predicted molar refractivity (Wildman–Crippen MR) is 59.1 cm³/mol. The summed E-state index contributed by atoms with van der Waals surface area (Å²) in [6, 6.07) is 6.82. The van der Waals surface area contributed by atoms with E-state index in [2.05, 4.69) is 44.3 Å². The Morgan fingerprint density at radius 2 is 2.21 bits per heavy atom. The Balaban J connectivity index is 2.31. The Morgan fingerprint density at radius 1 is 1.43 bits per heavy atom. The number of ether oxygens (including phenoxy) is 1. The average molecular weight is 191 g/mol. The summed E-state index contributed by atoms with van der Waals surface area (Å²) in [4.78, 5) is 0. The molecular weight excluding hydrogens is 174 g/mol. The lowest BCUT2D eigenvalue weighted by Crippen LogP contribution is -2.28. The summed E-state index contributed by atoms with van der Waals surface area (Å²) >= 11 is 0. The van der Waals surface area contributed by atoms with Crippen molar-refractivity contribution in [1.82, 2.24) is 0 Å². The summed E-state index contributed by atoms with van der Waals surface area (Å²) in [5.41, 5.74) is 2.45. The fraction of sp³-hybridized carbons (Fsp3) is 0.500. The maximum Gasteiger partial charge on any atom is 0.142 e. The molecule has 1 heterocycles. The van der Waals surface area contributed by atoms with Crippen LogP contribution < -0.4 is 10.1 Å². The van der Waals surface area contributed by atoms with Crippen LogP contribution in [0.4, 0.5) is 5.69 Å². The zero-order valence-corrected chi connectivity index (χ0v) is 9.00. The summed E-state index contributed by atoms with van der Waals surface area (Å²) in [5, 5.41) is 3.40. The maximum atomic E-state index is 5.66. The van der Waals surface area contributed by atoms with E-state index in [1.54, 1.807) is 0 Å². The van der Waals surface area contributed by atoms with Crippen molar-refractivity contribution in [2.24, 2.45) is 0 Å². The van der Waals surface area contributed by atoms with E-state index < -0.39 is 0 Å². The van der Waals surface area contributed by atoms with Crippen LogP contribution in [0.1, 0.15) is 32.3 Å². The van der Waals surface area contributed by atoms with Crippen LogP contribution in [0.5, 0.6) is 5.75 Å². The molecule has 0 saturated heterocycles. The van der Waals surface area contributed by atoms with Crippen molar-refractivity contribution >= 4 is 5.69 Å². The molecule has 1 aliphatic heterocycles. The van der Waals surface area contributed by atoms with Gasteiger partial charge < -0.3 is 10.1 Å². The minimum absolute atomic E-state index is 0.410. The van der Waals surface area contributed by atoms with E-state index in [0.717, 1.165) is 18.0 Å². The van der Waals surface area contributed by atoms with Crippen LogP contribution in [-0.4, -0.2) is 12.6 Å². The fourth-order valence-corrected chi connectivity index (χ4v) is 1.66. The molecule has 0 radical (unpaired) electrons. The monoisotopic (exact) mass is 191 g/mol. The van der Waals surface area contributed by atoms with Gasteiger partial charge in [-0.2, -0.15) is 0 Å². The van der Waals surface area contributed by atoms with Crippen LogP contribution in [0, 0.1) is 0 Å². The maximum absolute atomic E-state index is 5.66. The smallest absolute Gasteiger partial charge is 0.142 e. The lowest BCUT2D eigenvalue weighted by Gasteiger charge is -2.25. The SMILES string of the molecule is CC1COc2cc(C(C)C)ccc2N1. The van der Waals surface area contributed by atoms with Gasteiger partial charge in [-0.25, -0.2) is 0 Å². The van der Waals surface area contributed by atoms with Gasteiger partial charge in [-0.3, -0.25) is 0 Å². The molecule has 0 saturated carbocycles. The van der Waals surface area contributed by atoms with Crippen LogP contribution in [0.2, 0.25) is 0 Å². The highest BCUT2D eigenvalue weighted by molar-refractivity contribution is 5.59. The van der Waals surface area contributed by atoms with Gasteiger partial charge in [0, 0.05) is 0 Å². The first-order valence-corrected chi connectivity index (χ1v) is 5.20. The number of fused-ring (bicyclic) bond motifs is 1. The number of benzene rings is 1. The van der Waals surface area contributed by atoms with E-state index in [4.69, 9.17) is 4.74 Å². The number of anilines is 1. The predicted octanol–water partition coefficient (Wildman–Crippen LogP) is 3.00. The number of hydrogen-bond donors (Lipinski definition) is 1. The van der Waals surface area contributed by atoms with E-state index in [1.165, 1.54) is 5.56 Å². The molecule has 0 bridgehead atoms. The van der Waals surface area contributed by atoms with Crippen molar-refractivity contribution in [3.8, 4) is 5.75 Å². The first-order valence-electron chi connectivity index (χ1n) is 5.20. The van der Waals surface area contributed by atoms with Crippen LogP contribution in [0.25, 0.3) is 0 Å². The van der Waals surface area contributed by atoms with Crippen molar-refractivity contribution < 1.29 is 4.74 Å². The quantitative estimate of drug-likeness (QED) is 0.736. The summed E-state index contributed by atoms with van der Waals surface area (Å²) < 4.78 is 5.66. The third-order valence-corrected chi connectivity index (χ3v) is 2.56. The largest absolute Gasteiger partial charge is 0.489 e. The number of nitrogens with one attached hydrogen (secondary N) is 1. The average Bonchev–Trinajstić information content (AvgIpc) is 2.16. The molecule has 1 aromatic carbocycles. The second kappa shape index (κ2) is 3.52. The molecule has 2 heteroatoms. The first kappa shape index (κ1) is 9.38. The molecule has 0 amide bonds. The van der Waals surface area contributed by atoms with Crippen LogP contribution in [-0.2, 0) is 0 Å². The van der Waals surface area contributed by atoms with Crippen molar-refractivity contribution in [2.75, 3.05) is 11.9 Å². The normalized spacial score (nSPS) is 19.9. The van der Waals surface area contributed by atoms with Gasteiger partial charge in [0.15, 0.2) is 0 Å². The standard InChI is InChI=1S/C12H17NO/c1-8(2)10-4-5-11-12(6-10)14-7-9(3)13-11/h4-6,8-9,13H,7H2,1-3H3. The fourth-order valence-electron chi connectivity index (χ4n) is 1.66. The Labute approximate surface area is 85.3 Å². The van der Waals surface area contributed by atoms with Gasteiger partial charge >= 0.3 is 0 Å². The van der Waals surface area contributed by atoms with E-state index in [-0.39, 0.29) is 0 Å². The molecule has 0 aliphatic carbocycles. The van der Waals surface area contributed by atoms with Gasteiger partial charge in [0.1, 0.15) is 12.4 Å². The Bertz CT molecular complexity index is 333. The highest BCUT2D eigenvalue weighted by atomic mass is 16.5. The Morgan fingerprint density at radius 3 is 2.93 bits per heavy atom. The first-order chi connectivity index (χ1) is 6.66. The summed E-state index contributed by atoms with van der Waals surface area (Å²) in [7, 11) is 0. The molecule has 2 rings (SSSR count). The zero-order valence-electron chi connectivity index (χ0n) is 9.00. The summed E-state index contributed by atoms with van der Waals surface area (Å²) in [6.07, 6.45) is 0. The third-order valence-electron chi connectivity index (χ3n) is 2.56. The summed E-state index contributed by atoms with van der Waals surface area (Å²) in [6.45, 7) is 7.27. The van der Waals surface area contributed by atoms with Crippen molar-refractivity contribution in [3.63, 3.8) is 0 Å². The zero-order chi connectivity index (χ0) is 10.1. The van der Waals surface area contributed by atoms with Gasteiger partial charge in [0.25, 0.3) is 0 Å². The molecule has 0 fully saturated rings. The molecule has 1 atom stereocenters. The van der Waals surface area contributed by atoms with Gasteiger partial charge in [-0.05, 0) is 30.5 Å². The summed E-state index contributed by atoms with van der Waals surface area (Å²) in [5.74, 6) is 1.55. The minimum Gasteiger partial charge on any atom is -0.489 e. The molecule has 1 N–H and O–H groups in total. The molecule has 2 nitrogen and oxygen atoms in total. The Kier molecular flexibility index (Phi) is 2.36. The van der Waals surface area contributed by atoms with Crippen LogP contribution in [0.3, 0.4) is 0 Å². The van der Waals surface area contributed by atoms with Crippen LogP contribution in [0.15, 0.2) is 18.2 Å². The van der Waals surface area contributed by atoms with Crippen molar-refractivity contribution in [1.29, 1.82) is 0 Å². The highest BCUT2D eigenvalue weighted by Gasteiger charge is 2.15. The van der Waals surface area contributed by atoms with E-state index >= 15 is 0 Å². The molecule has 0 aromatic heterocycles. The Hall–Kier alpha value is -1.18. The second-order valence-corrected chi connectivity index (χ2v) is 4.27. The van der Waals surface area contributed by atoms with Crippen LogP contribution >= 0.6 is 0 Å². The lowest BCUT2D eigenvalue weighted by molar-refractivity contribution is 0.291. The van der Waals surface area contributed by atoms with Gasteiger partial charge in [-0.1, -0.05) is 19.9 Å². The minimum atomic E-state index is 0.410. The lowest BCUT2D eigenvalue weighted by atomic mass is 10.0. The molecule has 76 valence electrons. The van der Waals surface area contributed by atoms with E-state index in [1.807, 2.05) is 0 Å². The topological polar surface area (TPSA) is 21.3 Å². The molecule has 1 aliphatic rings. The van der Waals surface area contributed by atoms with E-state index in [0.29, 0.717) is 12.0 Å². The molecule has 0 spiro atoms. The number of hydrogen-bond acceptors (Lipinski definition) is 2. The molecule has 14 heavy (non-hydrogen) atoms. The molecular formula is C12H17NO. The second-order valence-electron chi connectivity index (χ2n) is 4.27. The van der Waals surface area contributed by atoms with Crippen molar-refractivity contribution in [2.45, 2.75) is 32.7 Å². The highest BCUT2D eigenvalue weighted by Crippen LogP contribution is 2.31. The van der Waals surface area contributed by atoms with Gasteiger partial charge in [-0.15, -0.1) is 0 Å². The third kappa shape index (κ3) is 1.69. The van der Waals surface area contributed by atoms with E-state index in [9.17, 15) is 0 Å².